The smallest absolute Gasteiger partial charge is 1.00 e. The summed E-state index contributed by atoms with van der Waals surface area (Å²) >= 11 is 6.44. The summed E-state index contributed by atoms with van der Waals surface area (Å²) in [7, 11) is 0. The van der Waals surface area contributed by atoms with Gasteiger partial charge in [0.2, 0.25) is 0 Å². The molecule has 0 radical (unpaired) electrons. The molecule has 0 aliphatic rings. The van der Waals surface area contributed by atoms with Crippen molar-refractivity contribution in [3.63, 3.8) is 0 Å². The van der Waals surface area contributed by atoms with Gasteiger partial charge in [-0.05, 0) is 12.1 Å². The van der Waals surface area contributed by atoms with Crippen LogP contribution in [0.1, 0.15) is 1.43 Å². The molecule has 0 bridgehead atoms. The van der Waals surface area contributed by atoms with Crippen molar-refractivity contribution in [3.05, 3.63) is 43.0 Å². The third-order valence-electron chi connectivity index (χ3n) is 1.11. The zero-order valence-corrected chi connectivity index (χ0v) is 11.5. The zero-order valence-electron chi connectivity index (χ0n) is 8.68. The van der Waals surface area contributed by atoms with E-state index in [1.54, 1.807) is 6.08 Å². The molecule has 0 aliphatic heterocycles. The van der Waals surface area contributed by atoms with E-state index in [0.717, 1.165) is 5.75 Å². The molecule has 0 atom stereocenters. The van der Waals surface area contributed by atoms with Crippen molar-refractivity contribution in [2.75, 3.05) is 6.61 Å². The van der Waals surface area contributed by atoms with E-state index < -0.39 is 0 Å². The minimum absolute atomic E-state index is 0. The summed E-state index contributed by atoms with van der Waals surface area (Å²) in [5.74, 6) is 0.891. The molecule has 0 amide bonds. The molecule has 0 heterocycles. The normalized spacial score (nSPS) is 7.23. The molecular formula is C9H13NaOS2. The first-order chi connectivity index (χ1) is 5.93. The summed E-state index contributed by atoms with van der Waals surface area (Å²) in [4.78, 5) is 0. The second-order valence-corrected chi connectivity index (χ2v) is 1.91. The standard InChI is InChI=1S/C9H10O.Na.H2S2.H/c1-2-8-10-9-6-4-3-5-7-9;;1-2;/h2-7H,1,8H2;;1-2H;/q;+1;;-1. The number of para-hydroxylation sites is 1. The molecular weight excluding hydrogens is 211 g/mol. The molecule has 0 N–H and O–H groups in total. The summed E-state index contributed by atoms with van der Waals surface area (Å²) in [6, 6.07) is 9.69. The average molecular weight is 224 g/mol. The number of thiol groups is 2. The van der Waals surface area contributed by atoms with E-state index in [1.807, 2.05) is 30.3 Å². The van der Waals surface area contributed by atoms with Gasteiger partial charge in [-0.1, -0.05) is 30.9 Å². The van der Waals surface area contributed by atoms with Crippen molar-refractivity contribution in [1.29, 1.82) is 0 Å². The summed E-state index contributed by atoms with van der Waals surface area (Å²) in [6.45, 7) is 4.12. The summed E-state index contributed by atoms with van der Waals surface area (Å²) < 4.78 is 5.24. The minimum atomic E-state index is 0. The van der Waals surface area contributed by atoms with Crippen LogP contribution in [0.3, 0.4) is 0 Å². The van der Waals surface area contributed by atoms with Gasteiger partial charge in [0.15, 0.2) is 0 Å². The molecule has 1 rings (SSSR count). The third-order valence-corrected chi connectivity index (χ3v) is 1.11. The van der Waals surface area contributed by atoms with Crippen LogP contribution in [0.15, 0.2) is 43.0 Å². The molecule has 0 unspecified atom stereocenters. The van der Waals surface area contributed by atoms with Crippen LogP contribution in [0.4, 0.5) is 0 Å². The first-order valence-corrected chi connectivity index (χ1v) is 5.02. The van der Waals surface area contributed by atoms with Gasteiger partial charge in [-0.25, -0.2) is 0 Å². The van der Waals surface area contributed by atoms with Crippen molar-refractivity contribution >= 4 is 23.3 Å². The topological polar surface area (TPSA) is 9.23 Å². The van der Waals surface area contributed by atoms with Crippen molar-refractivity contribution in [2.24, 2.45) is 0 Å². The van der Waals surface area contributed by atoms with Crippen molar-refractivity contribution in [2.45, 2.75) is 0 Å². The Bertz CT molecular complexity index is 209. The molecule has 0 aromatic heterocycles. The SMILES string of the molecule is C=CCOc1ccccc1.SS.[H-].[Na+]. The Labute approximate surface area is 114 Å². The third kappa shape index (κ3) is 8.78. The molecule has 4 heteroatoms. The van der Waals surface area contributed by atoms with E-state index in [-0.39, 0.29) is 31.0 Å². The van der Waals surface area contributed by atoms with Gasteiger partial charge in [-0.15, -0.1) is 23.3 Å². The van der Waals surface area contributed by atoms with Crippen LogP contribution in [0.2, 0.25) is 0 Å². The molecule has 13 heavy (non-hydrogen) atoms. The molecule has 68 valence electrons. The van der Waals surface area contributed by atoms with E-state index in [1.165, 1.54) is 0 Å². The summed E-state index contributed by atoms with van der Waals surface area (Å²) in [5, 5.41) is 0. The largest absolute Gasteiger partial charge is 1.00 e. The van der Waals surface area contributed by atoms with E-state index >= 15 is 0 Å². The van der Waals surface area contributed by atoms with E-state index in [4.69, 9.17) is 4.74 Å². The number of hydrogen-bond acceptors (Lipinski definition) is 3. The molecule has 1 nitrogen and oxygen atoms in total. The molecule has 0 fully saturated rings. The van der Waals surface area contributed by atoms with Crippen LogP contribution in [-0.2, 0) is 0 Å². The minimum Gasteiger partial charge on any atom is -1.00 e. The molecule has 0 saturated heterocycles. The predicted octanol–water partition coefficient (Wildman–Crippen LogP) is 0.129. The fourth-order valence-corrected chi connectivity index (χ4v) is 0.672. The van der Waals surface area contributed by atoms with Crippen molar-refractivity contribution in [3.8, 4) is 5.75 Å². The average Bonchev–Trinajstić information content (AvgIpc) is 2.19. The van der Waals surface area contributed by atoms with Gasteiger partial charge in [0.1, 0.15) is 12.4 Å². The Hall–Kier alpha value is 0.460. The fourth-order valence-electron chi connectivity index (χ4n) is 0.672. The van der Waals surface area contributed by atoms with Crippen molar-refractivity contribution in [1.82, 2.24) is 0 Å². The quantitative estimate of drug-likeness (QED) is 0.321. The predicted molar refractivity (Wildman–Crippen MR) is 61.2 cm³/mol. The Kier molecular flexibility index (Phi) is 15.3. The maximum Gasteiger partial charge on any atom is 1.00 e. The van der Waals surface area contributed by atoms with E-state index in [9.17, 15) is 0 Å². The fraction of sp³-hybridized carbons (Fsp3) is 0.111. The first-order valence-electron chi connectivity index (χ1n) is 3.42. The second kappa shape index (κ2) is 12.5. The number of ether oxygens (including phenoxy) is 1. The van der Waals surface area contributed by atoms with Gasteiger partial charge >= 0.3 is 29.6 Å². The number of benzene rings is 1. The molecule has 1 aromatic rings. The van der Waals surface area contributed by atoms with Crippen LogP contribution >= 0.6 is 23.3 Å². The summed E-state index contributed by atoms with van der Waals surface area (Å²) in [5.41, 5.74) is 0. The monoisotopic (exact) mass is 224 g/mol. The van der Waals surface area contributed by atoms with Gasteiger partial charge in [0, 0.05) is 0 Å². The Morgan fingerprint density at radius 3 is 2.31 bits per heavy atom. The van der Waals surface area contributed by atoms with Crippen LogP contribution in [0.25, 0.3) is 0 Å². The van der Waals surface area contributed by atoms with Gasteiger partial charge in [-0.3, -0.25) is 0 Å². The maximum atomic E-state index is 5.24. The Morgan fingerprint density at radius 1 is 1.31 bits per heavy atom. The molecule has 0 spiro atoms. The molecule has 0 saturated carbocycles. The van der Waals surface area contributed by atoms with Crippen LogP contribution < -0.4 is 34.3 Å². The maximum absolute atomic E-state index is 5.24. The van der Waals surface area contributed by atoms with Gasteiger partial charge in [0.05, 0.1) is 0 Å². The number of rotatable bonds is 3. The zero-order chi connectivity index (χ0) is 9.23. The van der Waals surface area contributed by atoms with Crippen LogP contribution in [0, 0.1) is 0 Å². The molecule has 1 aromatic carbocycles. The molecule has 0 aliphatic carbocycles. The second-order valence-electron chi connectivity index (χ2n) is 1.91. The first kappa shape index (κ1) is 15.9. The van der Waals surface area contributed by atoms with E-state index in [2.05, 4.69) is 29.9 Å². The van der Waals surface area contributed by atoms with Crippen LogP contribution in [-0.4, -0.2) is 6.61 Å². The Morgan fingerprint density at radius 2 is 1.85 bits per heavy atom. The van der Waals surface area contributed by atoms with Gasteiger partial charge < -0.3 is 6.16 Å². The van der Waals surface area contributed by atoms with Gasteiger partial charge in [-0.2, -0.15) is 0 Å². The van der Waals surface area contributed by atoms with Crippen molar-refractivity contribution < 1.29 is 35.7 Å². The Balaban J connectivity index is -0.000000284. The van der Waals surface area contributed by atoms with Crippen LogP contribution in [0.5, 0.6) is 5.75 Å². The van der Waals surface area contributed by atoms with E-state index in [0.29, 0.717) is 6.61 Å². The summed E-state index contributed by atoms with van der Waals surface area (Å²) in [6.07, 6.45) is 1.73. The number of hydrogen-bond donors (Lipinski definition) is 2. The van der Waals surface area contributed by atoms with Gasteiger partial charge in [0.25, 0.3) is 0 Å².